The molecule has 18 heavy (non-hydrogen) atoms. The number of benzene rings is 1. The van der Waals surface area contributed by atoms with Crippen molar-refractivity contribution in [1.82, 2.24) is 9.55 Å². The summed E-state index contributed by atoms with van der Waals surface area (Å²) in [7, 11) is 1.83. The van der Waals surface area contributed by atoms with Crippen LogP contribution in [0.25, 0.3) is 0 Å². The first-order valence-electron chi connectivity index (χ1n) is 6.18. The van der Waals surface area contributed by atoms with Gasteiger partial charge in [0.05, 0.1) is 12.5 Å². The van der Waals surface area contributed by atoms with E-state index in [1.54, 1.807) is 17.1 Å². The molecule has 0 fully saturated rings. The summed E-state index contributed by atoms with van der Waals surface area (Å²) < 4.78 is 1.75. The average molecular weight is 242 g/mol. The second-order valence-electron chi connectivity index (χ2n) is 5.02. The molecule has 0 aliphatic rings. The standard InChI is InChI=1S/C15H18N2O/c1-11(2)7-12-5-4-6-13(8-12)15(18)14-9-16-10-17(14)3/h4-6,8-11H,7H2,1-3H3. The van der Waals surface area contributed by atoms with Crippen molar-refractivity contribution in [3.05, 3.63) is 53.6 Å². The summed E-state index contributed by atoms with van der Waals surface area (Å²) in [5, 5.41) is 0. The number of ketones is 1. The first-order valence-corrected chi connectivity index (χ1v) is 6.18. The van der Waals surface area contributed by atoms with Gasteiger partial charge < -0.3 is 4.57 Å². The molecule has 0 bridgehead atoms. The van der Waals surface area contributed by atoms with Gasteiger partial charge in [-0.15, -0.1) is 0 Å². The zero-order valence-electron chi connectivity index (χ0n) is 11.1. The van der Waals surface area contributed by atoms with E-state index >= 15 is 0 Å². The lowest BCUT2D eigenvalue weighted by atomic mass is 9.99. The van der Waals surface area contributed by atoms with Crippen LogP contribution in [0.4, 0.5) is 0 Å². The molecule has 1 aromatic heterocycles. The minimum atomic E-state index is 0.0283. The maximum atomic E-state index is 12.3. The SMILES string of the molecule is CC(C)Cc1cccc(C(=O)c2cncn2C)c1. The predicted molar refractivity (Wildman–Crippen MR) is 71.6 cm³/mol. The van der Waals surface area contributed by atoms with Crippen molar-refractivity contribution < 1.29 is 4.79 Å². The average Bonchev–Trinajstić information content (AvgIpc) is 2.74. The van der Waals surface area contributed by atoms with Gasteiger partial charge in [0.25, 0.3) is 0 Å². The number of carbonyl (C=O) groups excluding carboxylic acids is 1. The van der Waals surface area contributed by atoms with Crippen molar-refractivity contribution >= 4 is 5.78 Å². The molecule has 0 radical (unpaired) electrons. The third-order valence-electron chi connectivity index (χ3n) is 2.88. The third kappa shape index (κ3) is 2.67. The number of rotatable bonds is 4. The second-order valence-corrected chi connectivity index (χ2v) is 5.02. The summed E-state index contributed by atoms with van der Waals surface area (Å²) in [5.41, 5.74) is 2.56. The van der Waals surface area contributed by atoms with E-state index < -0.39 is 0 Å². The monoisotopic (exact) mass is 242 g/mol. The third-order valence-corrected chi connectivity index (χ3v) is 2.88. The molecule has 0 N–H and O–H groups in total. The van der Waals surface area contributed by atoms with Gasteiger partial charge in [-0.25, -0.2) is 4.98 Å². The molecule has 3 nitrogen and oxygen atoms in total. The molecule has 0 spiro atoms. The van der Waals surface area contributed by atoms with Crippen LogP contribution in [-0.2, 0) is 13.5 Å². The number of aromatic nitrogens is 2. The Labute approximate surface area is 107 Å². The molecule has 0 amide bonds. The highest BCUT2D eigenvalue weighted by molar-refractivity contribution is 6.07. The molecule has 0 aliphatic carbocycles. The van der Waals surface area contributed by atoms with Crippen LogP contribution in [0.15, 0.2) is 36.8 Å². The van der Waals surface area contributed by atoms with Gasteiger partial charge in [-0.05, 0) is 24.0 Å². The van der Waals surface area contributed by atoms with Crippen molar-refractivity contribution in [2.24, 2.45) is 13.0 Å². The summed E-state index contributed by atoms with van der Waals surface area (Å²) in [5.74, 6) is 0.618. The zero-order valence-corrected chi connectivity index (χ0v) is 11.1. The smallest absolute Gasteiger partial charge is 0.211 e. The second kappa shape index (κ2) is 5.17. The Balaban J connectivity index is 2.29. The molecule has 0 atom stereocenters. The van der Waals surface area contributed by atoms with E-state index in [-0.39, 0.29) is 5.78 Å². The minimum absolute atomic E-state index is 0.0283. The summed E-state index contributed by atoms with van der Waals surface area (Å²) in [6.07, 6.45) is 4.25. The summed E-state index contributed by atoms with van der Waals surface area (Å²) in [4.78, 5) is 16.3. The van der Waals surface area contributed by atoms with Gasteiger partial charge in [-0.3, -0.25) is 4.79 Å². The topological polar surface area (TPSA) is 34.9 Å². The number of hydrogen-bond acceptors (Lipinski definition) is 2. The van der Waals surface area contributed by atoms with Crippen LogP contribution in [0.3, 0.4) is 0 Å². The van der Waals surface area contributed by atoms with Crippen LogP contribution in [0, 0.1) is 5.92 Å². The molecule has 94 valence electrons. The molecule has 3 heteroatoms. The Morgan fingerprint density at radius 2 is 2.17 bits per heavy atom. The lowest BCUT2D eigenvalue weighted by molar-refractivity contribution is 0.103. The fourth-order valence-electron chi connectivity index (χ4n) is 2.03. The molecule has 1 heterocycles. The van der Waals surface area contributed by atoms with E-state index in [0.29, 0.717) is 11.6 Å². The Morgan fingerprint density at radius 1 is 1.39 bits per heavy atom. The normalized spacial score (nSPS) is 10.9. The minimum Gasteiger partial charge on any atom is -0.331 e. The van der Waals surface area contributed by atoms with Crippen molar-refractivity contribution in [3.63, 3.8) is 0 Å². The number of imidazole rings is 1. The van der Waals surface area contributed by atoms with Crippen LogP contribution in [0.1, 0.15) is 35.5 Å². The van der Waals surface area contributed by atoms with Gasteiger partial charge in [0.1, 0.15) is 5.69 Å². The van der Waals surface area contributed by atoms with Crippen LogP contribution in [-0.4, -0.2) is 15.3 Å². The molecular formula is C15H18N2O. The fourth-order valence-corrected chi connectivity index (χ4v) is 2.03. The van der Waals surface area contributed by atoms with Crippen LogP contribution in [0.5, 0.6) is 0 Å². The first-order chi connectivity index (χ1) is 8.58. The van der Waals surface area contributed by atoms with Gasteiger partial charge in [-0.1, -0.05) is 32.0 Å². The van der Waals surface area contributed by atoms with E-state index in [9.17, 15) is 4.79 Å². The van der Waals surface area contributed by atoms with E-state index in [4.69, 9.17) is 0 Å². The van der Waals surface area contributed by atoms with Crippen molar-refractivity contribution in [3.8, 4) is 0 Å². The van der Waals surface area contributed by atoms with E-state index in [0.717, 1.165) is 12.0 Å². The van der Waals surface area contributed by atoms with Crippen LogP contribution in [0.2, 0.25) is 0 Å². The molecule has 0 aliphatic heterocycles. The molecule has 2 rings (SSSR count). The Kier molecular flexibility index (Phi) is 3.60. The summed E-state index contributed by atoms with van der Waals surface area (Å²) >= 11 is 0. The lowest BCUT2D eigenvalue weighted by Crippen LogP contribution is -2.07. The molecule has 0 saturated heterocycles. The molecule has 1 aromatic carbocycles. The quantitative estimate of drug-likeness (QED) is 0.773. The fraction of sp³-hybridized carbons (Fsp3) is 0.333. The highest BCUT2D eigenvalue weighted by Gasteiger charge is 2.13. The number of hydrogen-bond donors (Lipinski definition) is 0. The van der Waals surface area contributed by atoms with Gasteiger partial charge in [-0.2, -0.15) is 0 Å². The maximum absolute atomic E-state index is 12.3. The molecule has 0 unspecified atom stereocenters. The van der Waals surface area contributed by atoms with Crippen LogP contribution < -0.4 is 0 Å². The van der Waals surface area contributed by atoms with Crippen LogP contribution >= 0.6 is 0 Å². The number of aryl methyl sites for hydroxylation is 1. The Bertz CT molecular complexity index is 555. The Morgan fingerprint density at radius 3 is 2.78 bits per heavy atom. The van der Waals surface area contributed by atoms with E-state index in [1.807, 2.05) is 25.2 Å². The Hall–Kier alpha value is -1.90. The lowest BCUT2D eigenvalue weighted by Gasteiger charge is -2.07. The van der Waals surface area contributed by atoms with E-state index in [2.05, 4.69) is 24.9 Å². The highest BCUT2D eigenvalue weighted by Crippen LogP contribution is 2.14. The largest absolute Gasteiger partial charge is 0.331 e. The van der Waals surface area contributed by atoms with Crippen molar-refractivity contribution in [2.75, 3.05) is 0 Å². The predicted octanol–water partition coefficient (Wildman–Crippen LogP) is 2.85. The van der Waals surface area contributed by atoms with Gasteiger partial charge in [0.15, 0.2) is 0 Å². The van der Waals surface area contributed by atoms with Gasteiger partial charge in [0, 0.05) is 12.6 Å². The molecule has 2 aromatic rings. The highest BCUT2D eigenvalue weighted by atomic mass is 16.1. The van der Waals surface area contributed by atoms with Gasteiger partial charge in [0.2, 0.25) is 5.78 Å². The number of nitrogens with zero attached hydrogens (tertiary/aromatic N) is 2. The number of carbonyl (C=O) groups is 1. The molecule has 0 saturated carbocycles. The summed E-state index contributed by atoms with van der Waals surface area (Å²) in [6.45, 7) is 4.35. The summed E-state index contributed by atoms with van der Waals surface area (Å²) in [6, 6.07) is 7.86. The van der Waals surface area contributed by atoms with Gasteiger partial charge >= 0.3 is 0 Å². The van der Waals surface area contributed by atoms with Crippen molar-refractivity contribution in [1.29, 1.82) is 0 Å². The van der Waals surface area contributed by atoms with E-state index in [1.165, 1.54) is 5.56 Å². The zero-order chi connectivity index (χ0) is 13.1. The maximum Gasteiger partial charge on any atom is 0.211 e. The molecular weight excluding hydrogens is 224 g/mol. The van der Waals surface area contributed by atoms with Crippen molar-refractivity contribution in [2.45, 2.75) is 20.3 Å². The first kappa shape index (κ1) is 12.6.